The summed E-state index contributed by atoms with van der Waals surface area (Å²) in [5.74, 6) is 0.00434. The minimum absolute atomic E-state index is 0.00434. The van der Waals surface area contributed by atoms with Crippen LogP contribution in [0, 0.1) is 13.8 Å². The molecule has 2 aromatic rings. The van der Waals surface area contributed by atoms with Crippen LogP contribution in [0.3, 0.4) is 0 Å². The molecule has 0 aliphatic carbocycles. The lowest BCUT2D eigenvalue weighted by Gasteiger charge is -2.17. The number of hydrogen-bond donors (Lipinski definition) is 1. The Labute approximate surface area is 128 Å². The molecule has 0 spiro atoms. The fraction of sp³-hybridized carbons (Fsp3) is 0.267. The summed E-state index contributed by atoms with van der Waals surface area (Å²) in [5, 5.41) is 0.623. The predicted octanol–water partition coefficient (Wildman–Crippen LogP) is 3.87. The van der Waals surface area contributed by atoms with Crippen molar-refractivity contribution in [3.63, 3.8) is 0 Å². The highest BCUT2D eigenvalue weighted by Crippen LogP contribution is 2.24. The molecule has 20 heavy (non-hydrogen) atoms. The van der Waals surface area contributed by atoms with Crippen molar-refractivity contribution in [2.24, 2.45) is 0 Å². The van der Waals surface area contributed by atoms with E-state index in [4.69, 9.17) is 17.3 Å². The Hall–Kier alpha value is -1.52. The van der Waals surface area contributed by atoms with Gasteiger partial charge in [0.05, 0.1) is 4.88 Å². The average molecular weight is 309 g/mol. The third-order valence-corrected chi connectivity index (χ3v) is 4.71. The van der Waals surface area contributed by atoms with E-state index in [1.54, 1.807) is 30.1 Å². The lowest BCUT2D eigenvalue weighted by Crippen LogP contribution is -2.25. The van der Waals surface area contributed by atoms with Crippen molar-refractivity contribution in [1.82, 2.24) is 4.90 Å². The predicted molar refractivity (Wildman–Crippen MR) is 85.5 cm³/mol. The second-order valence-electron chi connectivity index (χ2n) is 4.86. The summed E-state index contributed by atoms with van der Waals surface area (Å²) in [4.78, 5) is 16.0. The van der Waals surface area contributed by atoms with Gasteiger partial charge in [-0.1, -0.05) is 11.6 Å². The highest BCUT2D eigenvalue weighted by Gasteiger charge is 2.16. The summed E-state index contributed by atoms with van der Waals surface area (Å²) in [6.07, 6.45) is 0. The number of amides is 1. The standard InChI is InChI=1S/C15H17ClN2OS/c1-9-6-14(20-10(9)2)15(19)18(3)8-11-7-12(17)4-5-13(11)16/h4-7H,8,17H2,1-3H3. The van der Waals surface area contributed by atoms with Crippen molar-refractivity contribution < 1.29 is 4.79 Å². The number of anilines is 1. The number of carbonyl (C=O) groups is 1. The molecule has 0 unspecified atom stereocenters. The second kappa shape index (κ2) is 5.85. The van der Waals surface area contributed by atoms with Crippen LogP contribution >= 0.6 is 22.9 Å². The number of aryl methyl sites for hydroxylation is 2. The number of benzene rings is 1. The molecule has 3 nitrogen and oxygen atoms in total. The van der Waals surface area contributed by atoms with Gasteiger partial charge in [-0.25, -0.2) is 0 Å². The Bertz CT molecular complexity index is 632. The summed E-state index contributed by atoms with van der Waals surface area (Å²) in [6, 6.07) is 7.24. The number of nitrogen functional groups attached to an aromatic ring is 1. The van der Waals surface area contributed by atoms with E-state index in [9.17, 15) is 4.79 Å². The van der Waals surface area contributed by atoms with Gasteiger partial charge < -0.3 is 10.6 Å². The summed E-state index contributed by atoms with van der Waals surface area (Å²) in [6.45, 7) is 4.47. The summed E-state index contributed by atoms with van der Waals surface area (Å²) >= 11 is 7.65. The number of nitrogens with zero attached hydrogens (tertiary/aromatic N) is 1. The van der Waals surface area contributed by atoms with Crippen molar-refractivity contribution in [3.05, 3.63) is 50.2 Å². The average Bonchev–Trinajstić information content (AvgIpc) is 2.73. The van der Waals surface area contributed by atoms with E-state index in [0.29, 0.717) is 17.3 Å². The van der Waals surface area contributed by atoms with Crippen LogP contribution in [-0.4, -0.2) is 17.9 Å². The van der Waals surface area contributed by atoms with Crippen LogP contribution in [0.4, 0.5) is 5.69 Å². The summed E-state index contributed by atoms with van der Waals surface area (Å²) < 4.78 is 0. The van der Waals surface area contributed by atoms with Gasteiger partial charge in [0.15, 0.2) is 0 Å². The molecule has 1 aromatic carbocycles. The van der Waals surface area contributed by atoms with E-state index in [1.807, 2.05) is 19.9 Å². The van der Waals surface area contributed by atoms with E-state index < -0.39 is 0 Å². The van der Waals surface area contributed by atoms with E-state index in [0.717, 1.165) is 16.0 Å². The van der Waals surface area contributed by atoms with Gasteiger partial charge in [-0.3, -0.25) is 4.79 Å². The smallest absolute Gasteiger partial charge is 0.263 e. The van der Waals surface area contributed by atoms with Gasteiger partial charge in [-0.2, -0.15) is 0 Å². The van der Waals surface area contributed by atoms with Gasteiger partial charge in [-0.05, 0) is 49.2 Å². The van der Waals surface area contributed by atoms with Gasteiger partial charge >= 0.3 is 0 Å². The zero-order chi connectivity index (χ0) is 14.9. The van der Waals surface area contributed by atoms with Gasteiger partial charge in [0.1, 0.15) is 0 Å². The highest BCUT2D eigenvalue weighted by atomic mass is 35.5. The van der Waals surface area contributed by atoms with Crippen molar-refractivity contribution in [2.75, 3.05) is 12.8 Å². The molecular weight excluding hydrogens is 292 g/mol. The molecule has 0 fully saturated rings. The normalized spacial score (nSPS) is 10.6. The first-order valence-electron chi connectivity index (χ1n) is 6.25. The summed E-state index contributed by atoms with van der Waals surface area (Å²) in [7, 11) is 1.77. The summed E-state index contributed by atoms with van der Waals surface area (Å²) in [5.41, 5.74) is 8.40. The minimum atomic E-state index is 0.00434. The molecule has 1 heterocycles. The van der Waals surface area contributed by atoms with Crippen LogP contribution in [0.5, 0.6) is 0 Å². The van der Waals surface area contributed by atoms with Crippen LogP contribution in [0.1, 0.15) is 25.7 Å². The maximum absolute atomic E-state index is 12.4. The lowest BCUT2D eigenvalue weighted by atomic mass is 10.2. The fourth-order valence-electron chi connectivity index (χ4n) is 1.91. The molecule has 0 atom stereocenters. The quantitative estimate of drug-likeness (QED) is 0.875. The van der Waals surface area contributed by atoms with Crippen molar-refractivity contribution in [3.8, 4) is 0 Å². The van der Waals surface area contributed by atoms with Crippen LogP contribution in [0.2, 0.25) is 5.02 Å². The lowest BCUT2D eigenvalue weighted by molar-refractivity contribution is 0.0790. The van der Waals surface area contributed by atoms with E-state index in [1.165, 1.54) is 16.2 Å². The third kappa shape index (κ3) is 3.14. The topological polar surface area (TPSA) is 46.3 Å². The number of nitrogens with two attached hydrogens (primary N) is 1. The molecule has 0 saturated heterocycles. The maximum atomic E-state index is 12.4. The molecule has 1 aromatic heterocycles. The fourth-order valence-corrected chi connectivity index (χ4v) is 3.12. The molecule has 106 valence electrons. The molecule has 0 aliphatic heterocycles. The Morgan fingerprint density at radius 1 is 1.35 bits per heavy atom. The van der Waals surface area contributed by atoms with Crippen LogP contribution in [0.15, 0.2) is 24.3 Å². The zero-order valence-corrected chi connectivity index (χ0v) is 13.3. The number of halogens is 1. The van der Waals surface area contributed by atoms with Crippen molar-refractivity contribution in [2.45, 2.75) is 20.4 Å². The van der Waals surface area contributed by atoms with E-state index >= 15 is 0 Å². The maximum Gasteiger partial charge on any atom is 0.263 e. The molecule has 0 aliphatic rings. The third-order valence-electron chi connectivity index (χ3n) is 3.20. The number of carbonyl (C=O) groups excluding carboxylic acids is 1. The number of hydrogen-bond acceptors (Lipinski definition) is 3. The van der Waals surface area contributed by atoms with E-state index in [2.05, 4.69) is 0 Å². The van der Waals surface area contributed by atoms with Crippen LogP contribution in [0.25, 0.3) is 0 Å². The van der Waals surface area contributed by atoms with E-state index in [-0.39, 0.29) is 5.91 Å². The van der Waals surface area contributed by atoms with Crippen LogP contribution in [-0.2, 0) is 6.54 Å². The van der Waals surface area contributed by atoms with Gasteiger partial charge in [0.25, 0.3) is 5.91 Å². The van der Waals surface area contributed by atoms with Gasteiger partial charge in [-0.15, -0.1) is 11.3 Å². The molecule has 2 N–H and O–H groups in total. The number of thiophene rings is 1. The first-order chi connectivity index (χ1) is 9.38. The molecule has 0 radical (unpaired) electrons. The zero-order valence-electron chi connectivity index (χ0n) is 11.7. The Balaban J connectivity index is 2.17. The highest BCUT2D eigenvalue weighted by molar-refractivity contribution is 7.14. The first kappa shape index (κ1) is 14.9. The van der Waals surface area contributed by atoms with Crippen molar-refractivity contribution >= 4 is 34.5 Å². The number of rotatable bonds is 3. The van der Waals surface area contributed by atoms with Gasteiger partial charge in [0.2, 0.25) is 0 Å². The molecular formula is C15H17ClN2OS. The Morgan fingerprint density at radius 2 is 2.05 bits per heavy atom. The molecule has 2 rings (SSSR count). The van der Waals surface area contributed by atoms with Crippen molar-refractivity contribution in [1.29, 1.82) is 0 Å². The Morgan fingerprint density at radius 3 is 2.65 bits per heavy atom. The van der Waals surface area contributed by atoms with Crippen LogP contribution < -0.4 is 5.73 Å². The first-order valence-corrected chi connectivity index (χ1v) is 7.44. The SMILES string of the molecule is Cc1cc(C(=O)N(C)Cc2cc(N)ccc2Cl)sc1C. The minimum Gasteiger partial charge on any atom is -0.399 e. The largest absolute Gasteiger partial charge is 0.399 e. The molecule has 0 saturated carbocycles. The molecule has 5 heteroatoms. The van der Waals surface area contributed by atoms with Gasteiger partial charge in [0, 0.05) is 29.2 Å². The monoisotopic (exact) mass is 308 g/mol. The Kier molecular flexibility index (Phi) is 4.35. The molecule has 0 bridgehead atoms. The second-order valence-corrected chi connectivity index (χ2v) is 6.53. The molecule has 1 amide bonds.